The van der Waals surface area contributed by atoms with Crippen LogP contribution in [0.15, 0.2) is 0 Å². The van der Waals surface area contributed by atoms with Gasteiger partial charge in [-0.1, -0.05) is 20.3 Å². The zero-order valence-electron chi connectivity index (χ0n) is 12.1. The maximum Gasteiger partial charge on any atom is 0.224 e. The van der Waals surface area contributed by atoms with Gasteiger partial charge in [-0.2, -0.15) is 0 Å². The van der Waals surface area contributed by atoms with Crippen molar-refractivity contribution in [3.63, 3.8) is 0 Å². The van der Waals surface area contributed by atoms with Gasteiger partial charge in [-0.3, -0.25) is 4.79 Å². The molecule has 1 N–H and O–H groups in total. The quantitative estimate of drug-likeness (QED) is 0.753. The largest absolute Gasteiger partial charge is 0.383 e. The van der Waals surface area contributed by atoms with Crippen LogP contribution in [0.2, 0.25) is 0 Å². The Balaban J connectivity index is 2.40. The number of amides is 1. The molecule has 0 aromatic rings. The van der Waals surface area contributed by atoms with E-state index in [1.807, 2.05) is 4.90 Å². The maximum atomic E-state index is 12.3. The second kappa shape index (κ2) is 8.48. The summed E-state index contributed by atoms with van der Waals surface area (Å²) < 4.78 is 5.08. The minimum absolute atomic E-state index is 0.264. The summed E-state index contributed by atoms with van der Waals surface area (Å²) >= 11 is 0. The molecule has 1 aliphatic rings. The van der Waals surface area contributed by atoms with Gasteiger partial charge in [0.2, 0.25) is 5.91 Å². The first-order valence-corrected chi connectivity index (χ1v) is 7.13. The lowest BCUT2D eigenvalue weighted by molar-refractivity contribution is -0.133. The Morgan fingerprint density at radius 1 is 1.44 bits per heavy atom. The van der Waals surface area contributed by atoms with E-state index in [2.05, 4.69) is 19.2 Å². The molecule has 4 heteroatoms. The maximum absolute atomic E-state index is 12.3. The molecular weight excluding hydrogens is 228 g/mol. The van der Waals surface area contributed by atoms with Crippen LogP contribution in [0.1, 0.15) is 39.5 Å². The van der Waals surface area contributed by atoms with E-state index >= 15 is 0 Å². The average molecular weight is 256 g/mol. The molecule has 0 aromatic carbocycles. The molecule has 0 aliphatic carbocycles. The highest BCUT2D eigenvalue weighted by Crippen LogP contribution is 2.12. The number of carbonyl (C=O) groups excluding carboxylic acids is 1. The fourth-order valence-electron chi connectivity index (χ4n) is 2.40. The van der Waals surface area contributed by atoms with E-state index in [-0.39, 0.29) is 5.91 Å². The van der Waals surface area contributed by atoms with Crippen molar-refractivity contribution >= 4 is 5.91 Å². The van der Waals surface area contributed by atoms with Crippen molar-refractivity contribution in [2.45, 2.75) is 45.6 Å². The number of nitrogens with one attached hydrogen (secondary N) is 1. The molecule has 1 amide bonds. The second-order valence-electron chi connectivity index (χ2n) is 5.58. The summed E-state index contributed by atoms with van der Waals surface area (Å²) in [7, 11) is 1.68. The Morgan fingerprint density at radius 2 is 2.22 bits per heavy atom. The lowest BCUT2D eigenvalue weighted by Gasteiger charge is -2.28. The number of carbonyl (C=O) groups is 1. The van der Waals surface area contributed by atoms with Crippen molar-refractivity contribution in [1.82, 2.24) is 10.2 Å². The second-order valence-corrected chi connectivity index (χ2v) is 5.58. The molecule has 0 saturated carbocycles. The summed E-state index contributed by atoms with van der Waals surface area (Å²) in [5, 5.41) is 3.44. The zero-order valence-corrected chi connectivity index (χ0v) is 12.1. The fourth-order valence-corrected chi connectivity index (χ4v) is 2.40. The molecule has 1 rings (SSSR count). The van der Waals surface area contributed by atoms with Gasteiger partial charge in [0.1, 0.15) is 0 Å². The molecule has 1 heterocycles. The average Bonchev–Trinajstić information content (AvgIpc) is 2.35. The van der Waals surface area contributed by atoms with Gasteiger partial charge < -0.3 is 15.0 Å². The molecule has 18 heavy (non-hydrogen) atoms. The van der Waals surface area contributed by atoms with Gasteiger partial charge in [0, 0.05) is 32.7 Å². The summed E-state index contributed by atoms with van der Waals surface area (Å²) in [6.07, 6.45) is 4.25. The highest BCUT2D eigenvalue weighted by atomic mass is 16.5. The number of rotatable bonds is 7. The Morgan fingerprint density at radius 3 is 2.78 bits per heavy atom. The fraction of sp³-hybridized carbons (Fsp3) is 0.929. The van der Waals surface area contributed by atoms with E-state index in [0.717, 1.165) is 19.5 Å². The zero-order chi connectivity index (χ0) is 13.4. The first-order chi connectivity index (χ1) is 8.63. The minimum Gasteiger partial charge on any atom is -0.383 e. The first-order valence-electron chi connectivity index (χ1n) is 7.13. The number of nitrogens with zero attached hydrogens (tertiary/aromatic N) is 1. The highest BCUT2D eigenvalue weighted by Gasteiger charge is 2.20. The van der Waals surface area contributed by atoms with Gasteiger partial charge in [-0.05, 0) is 25.3 Å². The number of piperidine rings is 1. The SMILES string of the molecule is COCCN(CC(C)C)C(=O)CC1CCCCN1. The van der Waals surface area contributed by atoms with E-state index < -0.39 is 0 Å². The standard InChI is InChI=1S/C14H28N2O2/c1-12(2)11-16(8-9-18-3)14(17)10-13-6-4-5-7-15-13/h12-13,15H,4-11H2,1-3H3. The molecule has 1 atom stereocenters. The van der Waals surface area contributed by atoms with Gasteiger partial charge in [-0.15, -0.1) is 0 Å². The van der Waals surface area contributed by atoms with E-state index in [9.17, 15) is 4.79 Å². The monoisotopic (exact) mass is 256 g/mol. The normalized spacial score (nSPS) is 20.1. The lowest BCUT2D eigenvalue weighted by atomic mass is 10.0. The Bertz CT molecular complexity index is 238. The van der Waals surface area contributed by atoms with E-state index in [4.69, 9.17) is 4.74 Å². The van der Waals surface area contributed by atoms with E-state index in [1.165, 1.54) is 12.8 Å². The summed E-state index contributed by atoms with van der Waals surface area (Å²) in [6.45, 7) is 7.50. The van der Waals surface area contributed by atoms with Crippen LogP contribution in [0.5, 0.6) is 0 Å². The molecular formula is C14H28N2O2. The highest BCUT2D eigenvalue weighted by molar-refractivity contribution is 5.76. The molecule has 0 bridgehead atoms. The molecule has 106 valence electrons. The predicted octanol–water partition coefficient (Wildman–Crippen LogP) is 1.65. The molecule has 0 radical (unpaired) electrons. The van der Waals surface area contributed by atoms with Crippen molar-refractivity contribution < 1.29 is 9.53 Å². The minimum atomic E-state index is 0.264. The van der Waals surface area contributed by atoms with Crippen LogP contribution < -0.4 is 5.32 Å². The first kappa shape index (κ1) is 15.4. The van der Waals surface area contributed by atoms with Crippen molar-refractivity contribution in [3.8, 4) is 0 Å². The number of ether oxygens (including phenoxy) is 1. The van der Waals surface area contributed by atoms with Crippen molar-refractivity contribution in [2.75, 3.05) is 33.4 Å². The third-order valence-electron chi connectivity index (χ3n) is 3.34. The van der Waals surface area contributed by atoms with Crippen molar-refractivity contribution in [2.24, 2.45) is 5.92 Å². The lowest BCUT2D eigenvalue weighted by Crippen LogP contribution is -2.42. The molecule has 1 fully saturated rings. The van der Waals surface area contributed by atoms with Gasteiger partial charge in [0.05, 0.1) is 6.61 Å². The van der Waals surface area contributed by atoms with Crippen LogP contribution in [0, 0.1) is 5.92 Å². The van der Waals surface area contributed by atoms with Gasteiger partial charge in [0.15, 0.2) is 0 Å². The Kier molecular flexibility index (Phi) is 7.28. The molecule has 0 spiro atoms. The molecule has 4 nitrogen and oxygen atoms in total. The third kappa shape index (κ3) is 5.83. The van der Waals surface area contributed by atoms with E-state index in [0.29, 0.717) is 31.5 Å². The molecule has 1 aliphatic heterocycles. The number of hydrogen-bond donors (Lipinski definition) is 1. The summed E-state index contributed by atoms with van der Waals surface area (Å²) in [6, 6.07) is 0.378. The van der Waals surface area contributed by atoms with Gasteiger partial charge in [0.25, 0.3) is 0 Å². The van der Waals surface area contributed by atoms with E-state index in [1.54, 1.807) is 7.11 Å². The predicted molar refractivity (Wildman–Crippen MR) is 73.6 cm³/mol. The summed E-state index contributed by atoms with van der Waals surface area (Å²) in [4.78, 5) is 14.2. The van der Waals surface area contributed by atoms with Crippen LogP contribution in [-0.2, 0) is 9.53 Å². The van der Waals surface area contributed by atoms with Crippen LogP contribution in [-0.4, -0.2) is 50.2 Å². The van der Waals surface area contributed by atoms with Crippen LogP contribution in [0.3, 0.4) is 0 Å². The van der Waals surface area contributed by atoms with Crippen molar-refractivity contribution in [3.05, 3.63) is 0 Å². The Labute approximate surface area is 111 Å². The molecule has 0 aromatic heterocycles. The molecule has 1 saturated heterocycles. The van der Waals surface area contributed by atoms with Crippen LogP contribution >= 0.6 is 0 Å². The third-order valence-corrected chi connectivity index (χ3v) is 3.34. The number of hydrogen-bond acceptors (Lipinski definition) is 3. The molecule has 1 unspecified atom stereocenters. The van der Waals surface area contributed by atoms with Gasteiger partial charge in [-0.25, -0.2) is 0 Å². The Hall–Kier alpha value is -0.610. The summed E-state index contributed by atoms with van der Waals surface area (Å²) in [5.41, 5.74) is 0. The van der Waals surface area contributed by atoms with Crippen LogP contribution in [0.4, 0.5) is 0 Å². The topological polar surface area (TPSA) is 41.6 Å². The number of methoxy groups -OCH3 is 1. The van der Waals surface area contributed by atoms with Gasteiger partial charge >= 0.3 is 0 Å². The van der Waals surface area contributed by atoms with Crippen LogP contribution in [0.25, 0.3) is 0 Å². The smallest absolute Gasteiger partial charge is 0.224 e. The van der Waals surface area contributed by atoms with Crippen molar-refractivity contribution in [1.29, 1.82) is 0 Å². The summed E-state index contributed by atoms with van der Waals surface area (Å²) in [5.74, 6) is 0.769.